The van der Waals surface area contributed by atoms with E-state index in [0.717, 1.165) is 11.3 Å². The first-order valence-corrected chi connectivity index (χ1v) is 6.02. The van der Waals surface area contributed by atoms with Crippen LogP contribution in [0.4, 0.5) is 5.00 Å². The fourth-order valence-corrected chi connectivity index (χ4v) is 2.06. The SMILES string of the molecule is O=C(Nc1ccc(C(=O)O)s1)c1ccc(Cl)cn1. The van der Waals surface area contributed by atoms with Gasteiger partial charge in [-0.15, -0.1) is 11.3 Å². The van der Waals surface area contributed by atoms with E-state index in [2.05, 4.69) is 10.3 Å². The van der Waals surface area contributed by atoms with Gasteiger partial charge in [0.25, 0.3) is 5.91 Å². The van der Waals surface area contributed by atoms with E-state index in [9.17, 15) is 9.59 Å². The second-order valence-corrected chi connectivity index (χ2v) is 4.81. The van der Waals surface area contributed by atoms with Crippen LogP contribution in [0.25, 0.3) is 0 Å². The molecule has 18 heavy (non-hydrogen) atoms. The first-order chi connectivity index (χ1) is 8.56. The molecule has 0 aromatic carbocycles. The van der Waals surface area contributed by atoms with E-state index in [-0.39, 0.29) is 10.6 Å². The number of nitrogens with zero attached hydrogens (tertiary/aromatic N) is 1. The number of aromatic carboxylic acids is 1. The number of carbonyl (C=O) groups excluding carboxylic acids is 1. The molecule has 0 aliphatic rings. The lowest BCUT2D eigenvalue weighted by atomic mass is 10.3. The smallest absolute Gasteiger partial charge is 0.345 e. The van der Waals surface area contributed by atoms with Crippen molar-refractivity contribution in [2.24, 2.45) is 0 Å². The number of aromatic nitrogens is 1. The Hall–Kier alpha value is -1.92. The molecular weight excluding hydrogens is 276 g/mol. The third kappa shape index (κ3) is 2.85. The summed E-state index contributed by atoms with van der Waals surface area (Å²) in [6, 6.07) is 6.00. The molecule has 2 rings (SSSR count). The van der Waals surface area contributed by atoms with Crippen LogP contribution < -0.4 is 5.32 Å². The number of hydrogen-bond donors (Lipinski definition) is 2. The minimum atomic E-state index is -1.02. The van der Waals surface area contributed by atoms with E-state index in [0.29, 0.717) is 10.0 Å². The van der Waals surface area contributed by atoms with Gasteiger partial charge < -0.3 is 10.4 Å². The Morgan fingerprint density at radius 3 is 2.61 bits per heavy atom. The third-order valence-corrected chi connectivity index (χ3v) is 3.23. The number of thiophene rings is 1. The molecule has 0 spiro atoms. The molecule has 92 valence electrons. The lowest BCUT2D eigenvalue weighted by Crippen LogP contribution is -2.12. The number of nitrogens with one attached hydrogen (secondary N) is 1. The number of hydrogen-bond acceptors (Lipinski definition) is 4. The molecule has 0 fully saturated rings. The highest BCUT2D eigenvalue weighted by molar-refractivity contribution is 7.18. The monoisotopic (exact) mass is 282 g/mol. The molecule has 1 amide bonds. The van der Waals surface area contributed by atoms with Gasteiger partial charge in [-0.2, -0.15) is 0 Å². The van der Waals surface area contributed by atoms with Crippen molar-refractivity contribution in [3.63, 3.8) is 0 Å². The average molecular weight is 283 g/mol. The normalized spacial score (nSPS) is 10.1. The number of pyridine rings is 1. The predicted molar refractivity (Wildman–Crippen MR) is 68.5 cm³/mol. The van der Waals surface area contributed by atoms with Crippen LogP contribution in [0.3, 0.4) is 0 Å². The summed E-state index contributed by atoms with van der Waals surface area (Å²) in [7, 11) is 0. The van der Waals surface area contributed by atoms with Gasteiger partial charge in [-0.25, -0.2) is 9.78 Å². The van der Waals surface area contributed by atoms with Crippen LogP contribution >= 0.6 is 22.9 Å². The quantitative estimate of drug-likeness (QED) is 0.907. The van der Waals surface area contributed by atoms with E-state index in [4.69, 9.17) is 16.7 Å². The summed E-state index contributed by atoms with van der Waals surface area (Å²) >= 11 is 6.64. The van der Waals surface area contributed by atoms with E-state index in [1.807, 2.05) is 0 Å². The molecule has 2 aromatic heterocycles. The Labute approximate surface area is 111 Å². The highest BCUT2D eigenvalue weighted by atomic mass is 35.5. The van der Waals surface area contributed by atoms with Crippen LogP contribution in [0.5, 0.6) is 0 Å². The largest absolute Gasteiger partial charge is 0.477 e. The lowest BCUT2D eigenvalue weighted by molar-refractivity contribution is 0.0702. The minimum absolute atomic E-state index is 0.161. The van der Waals surface area contributed by atoms with Gasteiger partial charge >= 0.3 is 5.97 Å². The van der Waals surface area contributed by atoms with Gasteiger partial charge in [0.05, 0.1) is 10.0 Å². The highest BCUT2D eigenvalue weighted by Gasteiger charge is 2.11. The maximum atomic E-state index is 11.7. The zero-order chi connectivity index (χ0) is 13.1. The molecule has 0 unspecified atom stereocenters. The zero-order valence-corrected chi connectivity index (χ0v) is 10.5. The van der Waals surface area contributed by atoms with Crippen molar-refractivity contribution in [1.82, 2.24) is 4.98 Å². The summed E-state index contributed by atoms with van der Waals surface area (Å²) < 4.78 is 0. The van der Waals surface area contributed by atoms with Crippen LogP contribution in [0, 0.1) is 0 Å². The van der Waals surface area contributed by atoms with E-state index >= 15 is 0 Å². The Morgan fingerprint density at radius 2 is 2.06 bits per heavy atom. The molecule has 2 N–H and O–H groups in total. The van der Waals surface area contributed by atoms with Gasteiger partial charge in [0.2, 0.25) is 0 Å². The summed E-state index contributed by atoms with van der Waals surface area (Å²) in [6.45, 7) is 0. The molecule has 2 heterocycles. The number of rotatable bonds is 3. The first kappa shape index (κ1) is 12.5. The molecule has 0 saturated carbocycles. The number of carbonyl (C=O) groups is 2. The van der Waals surface area contributed by atoms with E-state index in [1.54, 1.807) is 6.07 Å². The fraction of sp³-hybridized carbons (Fsp3) is 0. The van der Waals surface area contributed by atoms with Crippen molar-refractivity contribution in [3.05, 3.63) is 46.1 Å². The van der Waals surface area contributed by atoms with Crippen LogP contribution in [0.1, 0.15) is 20.2 Å². The van der Waals surface area contributed by atoms with Gasteiger partial charge in [-0.3, -0.25) is 4.79 Å². The van der Waals surface area contributed by atoms with Gasteiger partial charge in [0.1, 0.15) is 10.6 Å². The Morgan fingerprint density at radius 1 is 1.28 bits per heavy atom. The standard InChI is InChI=1S/C11H7ClN2O3S/c12-6-1-2-7(13-5-6)10(15)14-9-4-3-8(18-9)11(16)17/h1-5H,(H,14,15)(H,16,17). The van der Waals surface area contributed by atoms with Gasteiger partial charge in [-0.05, 0) is 24.3 Å². The Balaban J connectivity index is 2.11. The third-order valence-electron chi connectivity index (χ3n) is 2.01. The van der Waals surface area contributed by atoms with Crippen molar-refractivity contribution < 1.29 is 14.7 Å². The van der Waals surface area contributed by atoms with Crippen LogP contribution in [0.2, 0.25) is 5.02 Å². The summed E-state index contributed by atoms with van der Waals surface area (Å²) in [4.78, 5) is 26.4. The van der Waals surface area contributed by atoms with Crippen molar-refractivity contribution in [1.29, 1.82) is 0 Å². The second-order valence-electron chi connectivity index (χ2n) is 3.28. The summed E-state index contributed by atoms with van der Waals surface area (Å²) in [6.07, 6.45) is 1.37. The molecule has 0 aliphatic heterocycles. The highest BCUT2D eigenvalue weighted by Crippen LogP contribution is 2.22. The van der Waals surface area contributed by atoms with Gasteiger partial charge in [0, 0.05) is 6.20 Å². The number of anilines is 1. The molecule has 0 saturated heterocycles. The number of amides is 1. The van der Waals surface area contributed by atoms with Crippen molar-refractivity contribution >= 4 is 39.8 Å². The molecule has 5 nitrogen and oxygen atoms in total. The lowest BCUT2D eigenvalue weighted by Gasteiger charge is -2.01. The Bertz CT molecular complexity index is 595. The molecule has 2 aromatic rings. The minimum Gasteiger partial charge on any atom is -0.477 e. The zero-order valence-electron chi connectivity index (χ0n) is 8.88. The van der Waals surface area contributed by atoms with Crippen LogP contribution in [-0.4, -0.2) is 22.0 Å². The van der Waals surface area contributed by atoms with Crippen LogP contribution in [-0.2, 0) is 0 Å². The maximum absolute atomic E-state index is 11.7. The van der Waals surface area contributed by atoms with E-state index < -0.39 is 11.9 Å². The van der Waals surface area contributed by atoms with Gasteiger partial charge in [0.15, 0.2) is 0 Å². The Kier molecular flexibility index (Phi) is 3.59. The fourth-order valence-electron chi connectivity index (χ4n) is 1.21. The molecule has 0 aliphatic carbocycles. The topological polar surface area (TPSA) is 79.3 Å². The molecule has 0 atom stereocenters. The summed E-state index contributed by atoms with van der Waals surface area (Å²) in [5, 5.41) is 12.2. The summed E-state index contributed by atoms with van der Waals surface area (Å²) in [5.74, 6) is -1.43. The van der Waals surface area contributed by atoms with Crippen LogP contribution in [0.15, 0.2) is 30.5 Å². The first-order valence-electron chi connectivity index (χ1n) is 4.82. The van der Waals surface area contributed by atoms with Gasteiger partial charge in [-0.1, -0.05) is 11.6 Å². The van der Waals surface area contributed by atoms with E-state index in [1.165, 1.54) is 24.4 Å². The van der Waals surface area contributed by atoms with Crippen molar-refractivity contribution in [2.45, 2.75) is 0 Å². The number of carboxylic acids is 1. The number of carboxylic acid groups (broad SMARTS) is 1. The maximum Gasteiger partial charge on any atom is 0.345 e. The van der Waals surface area contributed by atoms with Crippen molar-refractivity contribution in [3.8, 4) is 0 Å². The molecule has 7 heteroatoms. The molecule has 0 bridgehead atoms. The molecular formula is C11H7ClN2O3S. The predicted octanol–water partition coefficient (Wildman–Crippen LogP) is 2.75. The van der Waals surface area contributed by atoms with Crippen molar-refractivity contribution in [2.75, 3.05) is 5.32 Å². The molecule has 0 radical (unpaired) electrons. The summed E-state index contributed by atoms with van der Waals surface area (Å²) in [5.41, 5.74) is 0.213. The second kappa shape index (κ2) is 5.16. The average Bonchev–Trinajstić information content (AvgIpc) is 2.78. The number of halogens is 1.